The van der Waals surface area contributed by atoms with E-state index in [0.717, 1.165) is 0 Å². The second-order valence-electron chi connectivity index (χ2n) is 5.50. The van der Waals surface area contributed by atoms with Crippen molar-refractivity contribution in [3.63, 3.8) is 0 Å². The van der Waals surface area contributed by atoms with E-state index in [1.807, 2.05) is 11.4 Å². The van der Waals surface area contributed by atoms with Crippen LogP contribution in [0.15, 0.2) is 72.1 Å². The Labute approximate surface area is 159 Å². The van der Waals surface area contributed by atoms with Crippen molar-refractivity contribution in [1.29, 1.82) is 0 Å². The second-order valence-corrected chi connectivity index (χ2v) is 6.45. The van der Waals surface area contributed by atoms with Crippen LogP contribution in [0.25, 0.3) is 0 Å². The summed E-state index contributed by atoms with van der Waals surface area (Å²) in [7, 11) is 0. The first-order valence-electron chi connectivity index (χ1n) is 8.09. The molecule has 2 amide bonds. The molecule has 7 heteroatoms. The summed E-state index contributed by atoms with van der Waals surface area (Å²) in [6, 6.07) is 18.7. The molecule has 2 N–H and O–H groups in total. The summed E-state index contributed by atoms with van der Waals surface area (Å²) in [4.78, 5) is 36.6. The highest BCUT2D eigenvalue weighted by Gasteiger charge is 2.12. The van der Waals surface area contributed by atoms with Gasteiger partial charge in [-0.3, -0.25) is 9.59 Å². The SMILES string of the molecule is O=C(COC(=O)c1cccc(NC(=O)c2cccs2)c1)Nc1ccccc1. The molecular weight excluding hydrogens is 364 g/mol. The monoisotopic (exact) mass is 380 g/mol. The standard InChI is InChI=1S/C20H16N2O4S/c23-18(21-15-7-2-1-3-8-15)13-26-20(25)14-6-4-9-16(12-14)22-19(24)17-10-5-11-27-17/h1-12H,13H2,(H,21,23)(H,22,24). The topological polar surface area (TPSA) is 84.5 Å². The first-order valence-corrected chi connectivity index (χ1v) is 8.97. The number of nitrogens with one attached hydrogen (secondary N) is 2. The van der Waals surface area contributed by atoms with Crippen molar-refractivity contribution in [2.24, 2.45) is 0 Å². The van der Waals surface area contributed by atoms with Gasteiger partial charge in [0.15, 0.2) is 6.61 Å². The van der Waals surface area contributed by atoms with E-state index in [4.69, 9.17) is 4.74 Å². The van der Waals surface area contributed by atoms with Gasteiger partial charge in [0.05, 0.1) is 10.4 Å². The van der Waals surface area contributed by atoms with Crippen LogP contribution in [0.4, 0.5) is 11.4 Å². The predicted octanol–water partition coefficient (Wildman–Crippen LogP) is 3.80. The van der Waals surface area contributed by atoms with Crippen LogP contribution in [0, 0.1) is 0 Å². The molecule has 0 saturated carbocycles. The molecular formula is C20H16N2O4S. The minimum Gasteiger partial charge on any atom is -0.452 e. The molecule has 3 aromatic rings. The van der Waals surface area contributed by atoms with E-state index in [1.54, 1.807) is 54.6 Å². The summed E-state index contributed by atoms with van der Waals surface area (Å²) in [6.45, 7) is -0.403. The lowest BCUT2D eigenvalue weighted by Crippen LogP contribution is -2.21. The van der Waals surface area contributed by atoms with Crippen LogP contribution in [0.3, 0.4) is 0 Å². The van der Waals surface area contributed by atoms with Gasteiger partial charge in [0.2, 0.25) is 0 Å². The smallest absolute Gasteiger partial charge is 0.338 e. The summed E-state index contributed by atoms with van der Waals surface area (Å²) in [6.07, 6.45) is 0. The first-order chi connectivity index (χ1) is 13.1. The highest BCUT2D eigenvalue weighted by atomic mass is 32.1. The van der Waals surface area contributed by atoms with Gasteiger partial charge in [-0.05, 0) is 41.8 Å². The molecule has 0 radical (unpaired) electrons. The van der Waals surface area contributed by atoms with Crippen LogP contribution >= 0.6 is 11.3 Å². The Morgan fingerprint density at radius 2 is 1.63 bits per heavy atom. The van der Waals surface area contributed by atoms with Gasteiger partial charge in [0.1, 0.15) is 0 Å². The highest BCUT2D eigenvalue weighted by molar-refractivity contribution is 7.12. The fraction of sp³-hybridized carbons (Fsp3) is 0.0500. The van der Waals surface area contributed by atoms with Gasteiger partial charge in [-0.15, -0.1) is 11.3 Å². The van der Waals surface area contributed by atoms with Gasteiger partial charge in [0.25, 0.3) is 11.8 Å². The molecule has 1 aromatic heterocycles. The Morgan fingerprint density at radius 3 is 2.37 bits per heavy atom. The number of thiophene rings is 1. The number of ether oxygens (including phenoxy) is 1. The number of rotatable bonds is 6. The van der Waals surface area contributed by atoms with Crippen molar-refractivity contribution in [2.45, 2.75) is 0 Å². The number of carbonyl (C=O) groups excluding carboxylic acids is 3. The summed E-state index contributed by atoms with van der Waals surface area (Å²) in [5.41, 5.74) is 1.33. The van der Waals surface area contributed by atoms with Gasteiger partial charge < -0.3 is 15.4 Å². The number of para-hydroxylation sites is 1. The molecule has 2 aromatic carbocycles. The van der Waals surface area contributed by atoms with Crippen molar-refractivity contribution < 1.29 is 19.1 Å². The quantitative estimate of drug-likeness (QED) is 0.637. The molecule has 0 bridgehead atoms. The average Bonchev–Trinajstić information content (AvgIpc) is 3.22. The lowest BCUT2D eigenvalue weighted by atomic mass is 10.2. The Kier molecular flexibility index (Phi) is 5.96. The van der Waals surface area contributed by atoms with Gasteiger partial charge >= 0.3 is 5.97 Å². The van der Waals surface area contributed by atoms with Gasteiger partial charge in [-0.2, -0.15) is 0 Å². The molecule has 3 rings (SSSR count). The van der Waals surface area contributed by atoms with Crippen molar-refractivity contribution in [2.75, 3.05) is 17.2 Å². The van der Waals surface area contributed by atoms with E-state index in [0.29, 0.717) is 16.3 Å². The third-order valence-electron chi connectivity index (χ3n) is 3.49. The second kappa shape index (κ2) is 8.77. The molecule has 0 saturated heterocycles. The van der Waals surface area contributed by atoms with Crippen LogP contribution in [0.5, 0.6) is 0 Å². The van der Waals surface area contributed by atoms with Crippen molar-refractivity contribution in [1.82, 2.24) is 0 Å². The number of benzene rings is 2. The van der Waals surface area contributed by atoms with E-state index < -0.39 is 18.5 Å². The van der Waals surface area contributed by atoms with E-state index in [1.165, 1.54) is 17.4 Å². The van der Waals surface area contributed by atoms with E-state index in [-0.39, 0.29) is 11.5 Å². The maximum absolute atomic E-state index is 12.2. The van der Waals surface area contributed by atoms with Crippen LogP contribution < -0.4 is 10.6 Å². The Balaban J connectivity index is 1.55. The molecule has 0 aliphatic carbocycles. The zero-order valence-electron chi connectivity index (χ0n) is 14.2. The molecule has 1 heterocycles. The van der Waals surface area contributed by atoms with Crippen LogP contribution in [0.2, 0.25) is 0 Å². The van der Waals surface area contributed by atoms with E-state index in [2.05, 4.69) is 10.6 Å². The number of hydrogen-bond donors (Lipinski definition) is 2. The Morgan fingerprint density at radius 1 is 0.852 bits per heavy atom. The average molecular weight is 380 g/mol. The van der Waals surface area contributed by atoms with Crippen molar-refractivity contribution in [3.8, 4) is 0 Å². The highest BCUT2D eigenvalue weighted by Crippen LogP contribution is 2.15. The third-order valence-corrected chi connectivity index (χ3v) is 4.36. The first kappa shape index (κ1) is 18.3. The maximum Gasteiger partial charge on any atom is 0.338 e. The molecule has 6 nitrogen and oxygen atoms in total. The largest absolute Gasteiger partial charge is 0.452 e. The fourth-order valence-electron chi connectivity index (χ4n) is 2.26. The Bertz CT molecular complexity index is 940. The van der Waals surface area contributed by atoms with Crippen LogP contribution in [-0.2, 0) is 9.53 Å². The van der Waals surface area contributed by atoms with Gasteiger partial charge in [-0.1, -0.05) is 30.3 Å². The fourth-order valence-corrected chi connectivity index (χ4v) is 2.88. The van der Waals surface area contributed by atoms with Crippen molar-refractivity contribution >= 4 is 40.5 Å². The maximum atomic E-state index is 12.2. The molecule has 0 atom stereocenters. The zero-order valence-corrected chi connectivity index (χ0v) is 15.0. The minimum absolute atomic E-state index is 0.242. The predicted molar refractivity (Wildman–Crippen MR) is 104 cm³/mol. The number of esters is 1. The summed E-state index contributed by atoms with van der Waals surface area (Å²) < 4.78 is 5.03. The number of carbonyl (C=O) groups is 3. The molecule has 0 aliphatic heterocycles. The normalized spacial score (nSPS) is 10.1. The van der Waals surface area contributed by atoms with E-state index >= 15 is 0 Å². The summed E-state index contributed by atoms with van der Waals surface area (Å²) in [5, 5.41) is 7.16. The molecule has 27 heavy (non-hydrogen) atoms. The molecule has 0 fully saturated rings. The Hall–Kier alpha value is -3.45. The van der Waals surface area contributed by atoms with Crippen molar-refractivity contribution in [3.05, 3.63) is 82.6 Å². The molecule has 0 aliphatic rings. The molecule has 136 valence electrons. The lowest BCUT2D eigenvalue weighted by Gasteiger charge is -2.08. The number of hydrogen-bond acceptors (Lipinski definition) is 5. The summed E-state index contributed by atoms with van der Waals surface area (Å²) in [5.74, 6) is -1.33. The van der Waals surface area contributed by atoms with E-state index in [9.17, 15) is 14.4 Å². The van der Waals surface area contributed by atoms with Crippen LogP contribution in [-0.4, -0.2) is 24.4 Å². The minimum atomic E-state index is -0.648. The lowest BCUT2D eigenvalue weighted by molar-refractivity contribution is -0.119. The van der Waals surface area contributed by atoms with Crippen LogP contribution in [0.1, 0.15) is 20.0 Å². The van der Waals surface area contributed by atoms with Gasteiger partial charge in [-0.25, -0.2) is 4.79 Å². The summed E-state index contributed by atoms with van der Waals surface area (Å²) >= 11 is 1.32. The number of anilines is 2. The molecule has 0 unspecified atom stereocenters. The van der Waals surface area contributed by atoms with Gasteiger partial charge in [0, 0.05) is 11.4 Å². The third kappa shape index (κ3) is 5.26. The zero-order chi connectivity index (χ0) is 19.1. The number of amides is 2. The molecule has 0 spiro atoms.